The number of hydrogen-bond acceptors (Lipinski definition) is 1. The van der Waals surface area contributed by atoms with Crippen molar-refractivity contribution in [1.82, 2.24) is 10.2 Å². The molecular weight excluding hydrogens is 327 g/mol. The van der Waals surface area contributed by atoms with Gasteiger partial charge >= 0.3 is 6.03 Å². The van der Waals surface area contributed by atoms with Gasteiger partial charge in [-0.25, -0.2) is 9.18 Å². The Morgan fingerprint density at radius 3 is 2.62 bits per heavy atom. The van der Waals surface area contributed by atoms with Crippen LogP contribution in [0, 0.1) is 11.7 Å². The molecule has 2 amide bonds. The molecule has 1 saturated heterocycles. The molecule has 0 saturated carbocycles. The summed E-state index contributed by atoms with van der Waals surface area (Å²) in [5.41, 5.74) is 0.979. The number of halogens is 2. The molecule has 1 fully saturated rings. The van der Waals surface area contributed by atoms with Gasteiger partial charge in [-0.3, -0.25) is 0 Å². The molecule has 1 atom stereocenters. The Kier molecular flexibility index (Phi) is 4.50. The molecule has 3 nitrogen and oxygen atoms in total. The molecule has 5 heteroatoms. The number of rotatable bonds is 4. The summed E-state index contributed by atoms with van der Waals surface area (Å²) in [5.74, 6) is -0.298. The van der Waals surface area contributed by atoms with Crippen LogP contribution in [-0.4, -0.2) is 17.5 Å². The van der Waals surface area contributed by atoms with Gasteiger partial charge in [0.15, 0.2) is 0 Å². The van der Waals surface area contributed by atoms with Crippen molar-refractivity contribution >= 4 is 17.6 Å². The highest BCUT2D eigenvalue weighted by Crippen LogP contribution is 2.43. The number of benzene rings is 2. The van der Waals surface area contributed by atoms with Gasteiger partial charge in [0.05, 0.1) is 5.54 Å². The summed E-state index contributed by atoms with van der Waals surface area (Å²) >= 11 is 6.39. The Labute approximate surface area is 146 Å². The Bertz CT molecular complexity index is 750. The standard InChI is InChI=1S/C19H20ClFN2O/c1-13(2)19(16-10-15(21)8-9-17(16)20)12-22-18(24)23(19)11-14-6-4-3-5-7-14/h3-10,13H,11-12H2,1-2H3,(H,22,24). The Balaban J connectivity index is 2.10. The van der Waals surface area contributed by atoms with E-state index in [4.69, 9.17) is 11.6 Å². The third kappa shape index (κ3) is 2.75. The van der Waals surface area contributed by atoms with Crippen LogP contribution in [0.3, 0.4) is 0 Å². The molecule has 0 bridgehead atoms. The molecule has 1 aliphatic rings. The Morgan fingerprint density at radius 2 is 1.96 bits per heavy atom. The van der Waals surface area contributed by atoms with Crippen molar-refractivity contribution in [3.05, 3.63) is 70.5 Å². The minimum Gasteiger partial charge on any atom is -0.335 e. The Morgan fingerprint density at radius 1 is 1.25 bits per heavy atom. The fourth-order valence-electron chi connectivity index (χ4n) is 3.46. The SMILES string of the molecule is CC(C)C1(c2cc(F)ccc2Cl)CNC(=O)N1Cc1ccccc1. The van der Waals surface area contributed by atoms with Crippen molar-refractivity contribution in [1.29, 1.82) is 0 Å². The number of nitrogens with one attached hydrogen (secondary N) is 1. The first-order valence-electron chi connectivity index (χ1n) is 8.00. The maximum atomic E-state index is 13.9. The van der Waals surface area contributed by atoms with E-state index in [-0.39, 0.29) is 17.8 Å². The predicted octanol–water partition coefficient (Wildman–Crippen LogP) is 4.56. The molecular formula is C19H20ClFN2O. The zero-order valence-electron chi connectivity index (χ0n) is 13.7. The molecule has 3 rings (SSSR count). The highest BCUT2D eigenvalue weighted by atomic mass is 35.5. The summed E-state index contributed by atoms with van der Waals surface area (Å²) < 4.78 is 13.9. The van der Waals surface area contributed by atoms with Crippen LogP contribution in [0.2, 0.25) is 5.02 Å². The van der Waals surface area contributed by atoms with Gasteiger partial charge in [0.25, 0.3) is 0 Å². The lowest BCUT2D eigenvalue weighted by molar-refractivity contribution is 0.107. The molecule has 1 heterocycles. The van der Waals surface area contributed by atoms with Crippen molar-refractivity contribution in [3.8, 4) is 0 Å². The van der Waals surface area contributed by atoms with Gasteiger partial charge < -0.3 is 10.2 Å². The molecule has 0 aromatic heterocycles. The second-order valence-corrected chi connectivity index (χ2v) is 6.84. The average Bonchev–Trinajstić information content (AvgIpc) is 2.89. The third-order valence-corrected chi connectivity index (χ3v) is 5.10. The van der Waals surface area contributed by atoms with Crippen LogP contribution < -0.4 is 5.32 Å². The number of nitrogens with zero attached hydrogens (tertiary/aromatic N) is 1. The van der Waals surface area contributed by atoms with Crippen LogP contribution in [0.5, 0.6) is 0 Å². The number of amides is 2. The zero-order chi connectivity index (χ0) is 17.3. The molecule has 1 N–H and O–H groups in total. The van der Waals surface area contributed by atoms with Gasteiger partial charge in [-0.1, -0.05) is 55.8 Å². The summed E-state index contributed by atoms with van der Waals surface area (Å²) in [4.78, 5) is 14.3. The summed E-state index contributed by atoms with van der Waals surface area (Å²) in [6.45, 7) is 4.90. The largest absolute Gasteiger partial charge is 0.335 e. The van der Waals surface area contributed by atoms with Gasteiger partial charge in [0.1, 0.15) is 5.82 Å². The maximum Gasteiger partial charge on any atom is 0.318 e. The van der Waals surface area contributed by atoms with E-state index in [1.807, 2.05) is 44.2 Å². The average molecular weight is 347 g/mol. The van der Waals surface area contributed by atoms with Crippen LogP contribution >= 0.6 is 11.6 Å². The maximum absolute atomic E-state index is 13.9. The molecule has 0 aliphatic carbocycles. The first-order chi connectivity index (χ1) is 11.4. The first kappa shape index (κ1) is 16.8. The predicted molar refractivity (Wildman–Crippen MR) is 93.3 cm³/mol. The highest BCUT2D eigenvalue weighted by Gasteiger charge is 2.50. The molecule has 1 unspecified atom stereocenters. The molecule has 0 radical (unpaired) electrons. The van der Waals surface area contributed by atoms with Crippen molar-refractivity contribution in [2.45, 2.75) is 25.9 Å². The van der Waals surface area contributed by atoms with E-state index in [1.165, 1.54) is 12.1 Å². The molecule has 0 spiro atoms. The van der Waals surface area contributed by atoms with E-state index in [0.29, 0.717) is 23.7 Å². The summed E-state index contributed by atoms with van der Waals surface area (Å²) in [5, 5.41) is 3.39. The number of urea groups is 1. The fraction of sp³-hybridized carbons (Fsp3) is 0.316. The summed E-state index contributed by atoms with van der Waals surface area (Å²) in [7, 11) is 0. The number of carbonyl (C=O) groups is 1. The highest BCUT2D eigenvalue weighted by molar-refractivity contribution is 6.31. The number of hydrogen-bond donors (Lipinski definition) is 1. The van der Waals surface area contributed by atoms with Crippen molar-refractivity contribution in [3.63, 3.8) is 0 Å². The van der Waals surface area contributed by atoms with Crippen molar-refractivity contribution < 1.29 is 9.18 Å². The van der Waals surface area contributed by atoms with Gasteiger partial charge in [0.2, 0.25) is 0 Å². The Hall–Kier alpha value is -2.07. The van der Waals surface area contributed by atoms with E-state index >= 15 is 0 Å². The summed E-state index contributed by atoms with van der Waals surface area (Å²) in [6.07, 6.45) is 0. The van der Waals surface area contributed by atoms with E-state index < -0.39 is 5.54 Å². The topological polar surface area (TPSA) is 32.3 Å². The van der Waals surface area contributed by atoms with Crippen LogP contribution in [0.15, 0.2) is 48.5 Å². The minimum atomic E-state index is -0.688. The van der Waals surface area contributed by atoms with E-state index in [1.54, 1.807) is 11.0 Å². The normalized spacial score (nSPS) is 20.5. The van der Waals surface area contributed by atoms with Crippen LogP contribution in [-0.2, 0) is 12.1 Å². The molecule has 1 aliphatic heterocycles. The van der Waals surface area contributed by atoms with Gasteiger partial charge in [0, 0.05) is 23.7 Å². The second-order valence-electron chi connectivity index (χ2n) is 6.43. The second kappa shape index (κ2) is 6.44. The quantitative estimate of drug-likeness (QED) is 0.865. The van der Waals surface area contributed by atoms with Gasteiger partial charge in [-0.05, 0) is 29.7 Å². The smallest absolute Gasteiger partial charge is 0.318 e. The van der Waals surface area contributed by atoms with Crippen LogP contribution in [0.1, 0.15) is 25.0 Å². The van der Waals surface area contributed by atoms with E-state index in [0.717, 1.165) is 5.56 Å². The summed E-state index contributed by atoms with van der Waals surface area (Å²) in [6, 6.07) is 13.9. The van der Waals surface area contributed by atoms with E-state index in [9.17, 15) is 9.18 Å². The van der Waals surface area contributed by atoms with Crippen LogP contribution in [0.25, 0.3) is 0 Å². The zero-order valence-corrected chi connectivity index (χ0v) is 14.5. The molecule has 126 valence electrons. The fourth-order valence-corrected chi connectivity index (χ4v) is 3.74. The van der Waals surface area contributed by atoms with Crippen molar-refractivity contribution in [2.24, 2.45) is 5.92 Å². The number of carbonyl (C=O) groups excluding carboxylic acids is 1. The molecule has 2 aromatic rings. The molecule has 2 aromatic carbocycles. The minimum absolute atomic E-state index is 0.0551. The lowest BCUT2D eigenvalue weighted by atomic mass is 9.79. The van der Waals surface area contributed by atoms with Gasteiger partial charge in [-0.15, -0.1) is 0 Å². The van der Waals surface area contributed by atoms with Crippen molar-refractivity contribution in [2.75, 3.05) is 6.54 Å². The monoisotopic (exact) mass is 346 g/mol. The van der Waals surface area contributed by atoms with E-state index in [2.05, 4.69) is 5.32 Å². The first-order valence-corrected chi connectivity index (χ1v) is 8.38. The third-order valence-electron chi connectivity index (χ3n) is 4.77. The molecule has 24 heavy (non-hydrogen) atoms. The van der Waals surface area contributed by atoms with Crippen LogP contribution in [0.4, 0.5) is 9.18 Å². The lowest BCUT2D eigenvalue weighted by Gasteiger charge is -2.41. The lowest BCUT2D eigenvalue weighted by Crippen LogP contribution is -2.48. The van der Waals surface area contributed by atoms with Gasteiger partial charge in [-0.2, -0.15) is 0 Å².